The Morgan fingerprint density at radius 2 is 2.00 bits per heavy atom. The Morgan fingerprint density at radius 1 is 1.19 bits per heavy atom. The van der Waals surface area contributed by atoms with Crippen molar-refractivity contribution in [2.24, 2.45) is 0 Å². The van der Waals surface area contributed by atoms with Gasteiger partial charge in [0.2, 0.25) is 0 Å². The predicted octanol–water partition coefficient (Wildman–Crippen LogP) is 2.75. The Balaban J connectivity index is 2.09. The highest BCUT2D eigenvalue weighted by atomic mass is 16.5. The summed E-state index contributed by atoms with van der Waals surface area (Å²) in [4.78, 5) is 26.5. The maximum Gasteiger partial charge on any atom is 0.291 e. The first-order chi connectivity index (χ1) is 12.5. The maximum absolute atomic E-state index is 12.6. The van der Waals surface area contributed by atoms with Crippen LogP contribution in [0.1, 0.15) is 34.3 Å². The van der Waals surface area contributed by atoms with E-state index >= 15 is 0 Å². The number of carbonyl (C=O) groups is 2. The van der Waals surface area contributed by atoms with Crippen molar-refractivity contribution in [3.63, 3.8) is 0 Å². The zero-order chi connectivity index (χ0) is 18.9. The fourth-order valence-corrected chi connectivity index (χ4v) is 2.40. The van der Waals surface area contributed by atoms with Gasteiger partial charge in [0, 0.05) is 45.2 Å². The van der Waals surface area contributed by atoms with E-state index in [0.29, 0.717) is 31.0 Å². The van der Waals surface area contributed by atoms with Gasteiger partial charge in [-0.3, -0.25) is 9.59 Å². The molecule has 2 N–H and O–H groups in total. The van der Waals surface area contributed by atoms with E-state index in [9.17, 15) is 9.59 Å². The number of amides is 2. The molecule has 0 atom stereocenters. The second-order valence-electron chi connectivity index (χ2n) is 5.86. The third-order valence-electron chi connectivity index (χ3n) is 3.68. The molecule has 7 nitrogen and oxygen atoms in total. The molecule has 7 heteroatoms. The molecule has 2 amide bonds. The summed E-state index contributed by atoms with van der Waals surface area (Å²) in [5.74, 6) is -0.349. The summed E-state index contributed by atoms with van der Waals surface area (Å²) in [6, 6.07) is 8.43. The van der Waals surface area contributed by atoms with Crippen LogP contribution >= 0.6 is 0 Å². The lowest BCUT2D eigenvalue weighted by Crippen LogP contribution is -2.27. The SMILES string of the molecule is CCOCCCNC(=O)c1cc(NC(=O)c2ccco2)ccc1N(C)C. The van der Waals surface area contributed by atoms with E-state index in [1.54, 1.807) is 30.3 Å². The van der Waals surface area contributed by atoms with Gasteiger partial charge in [-0.2, -0.15) is 0 Å². The van der Waals surface area contributed by atoms with Gasteiger partial charge in [-0.25, -0.2) is 0 Å². The third-order valence-corrected chi connectivity index (χ3v) is 3.68. The molecule has 0 saturated carbocycles. The van der Waals surface area contributed by atoms with E-state index in [2.05, 4.69) is 10.6 Å². The summed E-state index contributed by atoms with van der Waals surface area (Å²) in [5, 5.41) is 5.62. The van der Waals surface area contributed by atoms with E-state index in [1.165, 1.54) is 6.26 Å². The van der Waals surface area contributed by atoms with Crippen molar-refractivity contribution >= 4 is 23.2 Å². The normalized spacial score (nSPS) is 10.4. The topological polar surface area (TPSA) is 83.8 Å². The molecule has 0 unspecified atom stereocenters. The van der Waals surface area contributed by atoms with Crippen molar-refractivity contribution < 1.29 is 18.7 Å². The van der Waals surface area contributed by atoms with E-state index in [1.807, 2.05) is 25.9 Å². The lowest BCUT2D eigenvalue weighted by atomic mass is 10.1. The van der Waals surface area contributed by atoms with Gasteiger partial charge in [0.25, 0.3) is 11.8 Å². The van der Waals surface area contributed by atoms with Crippen LogP contribution < -0.4 is 15.5 Å². The molecule has 0 bridgehead atoms. The van der Waals surface area contributed by atoms with Crippen LogP contribution in [-0.2, 0) is 4.74 Å². The molecule has 2 aromatic rings. The minimum absolute atomic E-state index is 0.195. The number of carbonyl (C=O) groups excluding carboxylic acids is 2. The van der Waals surface area contributed by atoms with E-state index in [0.717, 1.165) is 12.1 Å². The van der Waals surface area contributed by atoms with Crippen molar-refractivity contribution in [1.29, 1.82) is 0 Å². The van der Waals surface area contributed by atoms with Crippen molar-refractivity contribution in [3.05, 3.63) is 47.9 Å². The molecule has 0 aliphatic heterocycles. The average molecular weight is 359 g/mol. The van der Waals surface area contributed by atoms with Gasteiger partial charge >= 0.3 is 0 Å². The predicted molar refractivity (Wildman–Crippen MR) is 101 cm³/mol. The highest BCUT2D eigenvalue weighted by Crippen LogP contribution is 2.23. The van der Waals surface area contributed by atoms with Gasteiger partial charge in [0.05, 0.1) is 11.8 Å². The second kappa shape index (κ2) is 9.62. The summed E-state index contributed by atoms with van der Waals surface area (Å²) in [7, 11) is 3.73. The monoisotopic (exact) mass is 359 g/mol. The number of ether oxygens (including phenoxy) is 1. The van der Waals surface area contributed by atoms with Crippen LogP contribution in [0.25, 0.3) is 0 Å². The van der Waals surface area contributed by atoms with E-state index in [4.69, 9.17) is 9.15 Å². The number of hydrogen-bond acceptors (Lipinski definition) is 5. The quantitative estimate of drug-likeness (QED) is 0.673. The zero-order valence-electron chi connectivity index (χ0n) is 15.4. The molecule has 2 rings (SSSR count). The van der Waals surface area contributed by atoms with Gasteiger partial charge in [-0.15, -0.1) is 0 Å². The third kappa shape index (κ3) is 5.35. The van der Waals surface area contributed by atoms with Crippen molar-refractivity contribution in [1.82, 2.24) is 5.32 Å². The first-order valence-electron chi connectivity index (χ1n) is 8.55. The fraction of sp³-hybridized carbons (Fsp3) is 0.368. The van der Waals surface area contributed by atoms with Crippen LogP contribution in [0.5, 0.6) is 0 Å². The Bertz CT molecular complexity index is 726. The van der Waals surface area contributed by atoms with Crippen LogP contribution in [0.15, 0.2) is 41.0 Å². The molecule has 0 spiro atoms. The number of rotatable bonds is 9. The van der Waals surface area contributed by atoms with Crippen LogP contribution in [-0.4, -0.2) is 45.7 Å². The number of furan rings is 1. The summed E-state index contributed by atoms with van der Waals surface area (Å²) in [6.07, 6.45) is 2.18. The smallest absolute Gasteiger partial charge is 0.291 e. The highest BCUT2D eigenvalue weighted by molar-refractivity contribution is 6.05. The largest absolute Gasteiger partial charge is 0.459 e. The molecular formula is C19H25N3O4. The van der Waals surface area contributed by atoms with Crippen LogP contribution in [0.2, 0.25) is 0 Å². The zero-order valence-corrected chi connectivity index (χ0v) is 15.4. The second-order valence-corrected chi connectivity index (χ2v) is 5.86. The Labute approximate surface area is 153 Å². The van der Waals surface area contributed by atoms with Crippen LogP contribution in [0.4, 0.5) is 11.4 Å². The van der Waals surface area contributed by atoms with Gasteiger partial charge in [0.15, 0.2) is 5.76 Å². The Morgan fingerprint density at radius 3 is 2.65 bits per heavy atom. The Hall–Kier alpha value is -2.80. The molecular weight excluding hydrogens is 334 g/mol. The minimum atomic E-state index is -0.365. The molecule has 26 heavy (non-hydrogen) atoms. The molecule has 140 valence electrons. The van der Waals surface area contributed by atoms with Gasteiger partial charge in [-0.1, -0.05) is 0 Å². The van der Waals surface area contributed by atoms with Gasteiger partial charge in [-0.05, 0) is 43.7 Å². The van der Waals surface area contributed by atoms with Gasteiger partial charge < -0.3 is 24.7 Å². The summed E-state index contributed by atoms with van der Waals surface area (Å²) in [6.45, 7) is 3.73. The first-order valence-corrected chi connectivity index (χ1v) is 8.55. The molecule has 0 radical (unpaired) electrons. The molecule has 1 aromatic heterocycles. The standard InChI is InChI=1S/C19H25N3O4/c1-4-25-11-6-10-20-18(23)15-13-14(8-9-16(15)22(2)3)21-19(24)17-7-5-12-26-17/h5,7-9,12-13H,4,6,10-11H2,1-3H3,(H,20,23)(H,21,24). The number of nitrogens with one attached hydrogen (secondary N) is 2. The average Bonchev–Trinajstić information content (AvgIpc) is 3.16. The lowest BCUT2D eigenvalue weighted by Gasteiger charge is -2.18. The number of anilines is 2. The van der Waals surface area contributed by atoms with E-state index < -0.39 is 0 Å². The number of hydrogen-bond donors (Lipinski definition) is 2. The van der Waals surface area contributed by atoms with Crippen molar-refractivity contribution in [2.45, 2.75) is 13.3 Å². The number of nitrogens with zero attached hydrogens (tertiary/aromatic N) is 1. The number of benzene rings is 1. The summed E-state index contributed by atoms with van der Waals surface area (Å²) in [5.41, 5.74) is 1.78. The molecule has 0 saturated heterocycles. The highest BCUT2D eigenvalue weighted by Gasteiger charge is 2.15. The fourth-order valence-electron chi connectivity index (χ4n) is 2.40. The molecule has 0 aliphatic rings. The molecule has 0 fully saturated rings. The molecule has 0 aliphatic carbocycles. The van der Waals surface area contributed by atoms with Gasteiger partial charge in [0.1, 0.15) is 0 Å². The van der Waals surface area contributed by atoms with Crippen molar-refractivity contribution in [2.75, 3.05) is 44.1 Å². The minimum Gasteiger partial charge on any atom is -0.459 e. The van der Waals surface area contributed by atoms with E-state index in [-0.39, 0.29) is 17.6 Å². The summed E-state index contributed by atoms with van der Waals surface area (Å²) >= 11 is 0. The van der Waals surface area contributed by atoms with Crippen molar-refractivity contribution in [3.8, 4) is 0 Å². The van der Waals surface area contributed by atoms with Crippen LogP contribution in [0, 0.1) is 0 Å². The maximum atomic E-state index is 12.6. The Kier molecular flexibility index (Phi) is 7.23. The molecule has 1 aromatic carbocycles. The first kappa shape index (κ1) is 19.5. The van der Waals surface area contributed by atoms with Crippen LogP contribution in [0.3, 0.4) is 0 Å². The molecule has 1 heterocycles. The lowest BCUT2D eigenvalue weighted by molar-refractivity contribution is 0.0943. The summed E-state index contributed by atoms with van der Waals surface area (Å²) < 4.78 is 10.3.